The molecule has 1 aliphatic carbocycles. The predicted octanol–water partition coefficient (Wildman–Crippen LogP) is 2.98. The third-order valence-corrected chi connectivity index (χ3v) is 4.56. The Bertz CT molecular complexity index is 710. The number of oxazole rings is 1. The average Bonchev–Trinajstić information content (AvgIpc) is 3.23. The third-order valence-electron chi connectivity index (χ3n) is 4.33. The lowest BCUT2D eigenvalue weighted by Gasteiger charge is -2.30. The van der Waals surface area contributed by atoms with Crippen LogP contribution in [0, 0.1) is 5.92 Å². The van der Waals surface area contributed by atoms with E-state index < -0.39 is 0 Å². The molecule has 22 heavy (non-hydrogen) atoms. The van der Waals surface area contributed by atoms with Gasteiger partial charge in [0.05, 0.1) is 5.92 Å². The number of carbonyl (C=O) groups is 1. The Morgan fingerprint density at radius 3 is 3.05 bits per heavy atom. The number of anilines is 1. The molecule has 1 amide bonds. The molecule has 1 N–H and O–H groups in total. The van der Waals surface area contributed by atoms with Crippen molar-refractivity contribution in [2.75, 3.05) is 18.0 Å². The number of hydrogen-bond acceptors (Lipinski definition) is 4. The van der Waals surface area contributed by atoms with Crippen LogP contribution in [0.25, 0.3) is 11.1 Å². The number of piperidine rings is 1. The smallest absolute Gasteiger partial charge is 0.298 e. The molecule has 4 rings (SSSR count). The Morgan fingerprint density at radius 2 is 2.23 bits per heavy atom. The molecule has 5 nitrogen and oxygen atoms in total. The van der Waals surface area contributed by atoms with Crippen LogP contribution in [0.4, 0.5) is 6.01 Å². The van der Waals surface area contributed by atoms with Gasteiger partial charge < -0.3 is 14.6 Å². The Hall–Kier alpha value is -1.75. The molecule has 1 aromatic heterocycles. The molecule has 1 unspecified atom stereocenters. The summed E-state index contributed by atoms with van der Waals surface area (Å²) in [5.74, 6) is 0.194. The molecule has 116 valence electrons. The summed E-state index contributed by atoms with van der Waals surface area (Å²) in [5.41, 5.74) is 1.48. The van der Waals surface area contributed by atoms with Crippen molar-refractivity contribution in [3.05, 3.63) is 23.2 Å². The number of hydrogen-bond donors (Lipinski definition) is 1. The molecule has 1 aliphatic heterocycles. The molecule has 1 saturated carbocycles. The normalized spacial score (nSPS) is 22.0. The van der Waals surface area contributed by atoms with Gasteiger partial charge in [-0.15, -0.1) is 0 Å². The van der Waals surface area contributed by atoms with Gasteiger partial charge >= 0.3 is 0 Å². The third kappa shape index (κ3) is 2.77. The van der Waals surface area contributed by atoms with E-state index in [4.69, 9.17) is 16.0 Å². The number of carbonyl (C=O) groups excluding carboxylic acids is 1. The average molecular weight is 320 g/mol. The summed E-state index contributed by atoms with van der Waals surface area (Å²) in [4.78, 5) is 18.8. The van der Waals surface area contributed by atoms with Gasteiger partial charge in [0.1, 0.15) is 5.52 Å². The maximum absolute atomic E-state index is 12.2. The summed E-state index contributed by atoms with van der Waals surface area (Å²) in [6.45, 7) is 1.53. The SMILES string of the molecule is O=C(NC1CC1)C1CCCN(c2nc3ccc(Cl)cc3o2)C1. The van der Waals surface area contributed by atoms with Crippen LogP contribution >= 0.6 is 11.6 Å². The topological polar surface area (TPSA) is 58.4 Å². The second-order valence-electron chi connectivity index (χ2n) is 6.18. The molecule has 0 radical (unpaired) electrons. The molecule has 2 heterocycles. The molecule has 2 fully saturated rings. The molecule has 1 atom stereocenters. The van der Waals surface area contributed by atoms with Gasteiger partial charge in [0.25, 0.3) is 6.01 Å². The van der Waals surface area contributed by atoms with Crippen molar-refractivity contribution in [1.29, 1.82) is 0 Å². The lowest BCUT2D eigenvalue weighted by atomic mass is 9.97. The van der Waals surface area contributed by atoms with Crippen LogP contribution in [0.3, 0.4) is 0 Å². The molecule has 1 saturated heterocycles. The number of amides is 1. The molecule has 0 bridgehead atoms. The first kappa shape index (κ1) is 13.9. The maximum Gasteiger partial charge on any atom is 0.298 e. The van der Waals surface area contributed by atoms with Crippen molar-refractivity contribution in [2.24, 2.45) is 5.92 Å². The number of halogens is 1. The first-order chi connectivity index (χ1) is 10.7. The van der Waals surface area contributed by atoms with Crippen molar-refractivity contribution >= 4 is 34.6 Å². The van der Waals surface area contributed by atoms with Crippen LogP contribution in [0.1, 0.15) is 25.7 Å². The number of benzene rings is 1. The summed E-state index contributed by atoms with van der Waals surface area (Å²) in [7, 11) is 0. The van der Waals surface area contributed by atoms with Crippen LogP contribution < -0.4 is 10.2 Å². The second kappa shape index (κ2) is 5.47. The van der Waals surface area contributed by atoms with E-state index >= 15 is 0 Å². The fourth-order valence-corrected chi connectivity index (χ4v) is 3.10. The van der Waals surface area contributed by atoms with Crippen molar-refractivity contribution < 1.29 is 9.21 Å². The van der Waals surface area contributed by atoms with E-state index in [1.54, 1.807) is 12.1 Å². The number of nitrogens with zero attached hydrogens (tertiary/aromatic N) is 2. The van der Waals surface area contributed by atoms with E-state index in [1.165, 1.54) is 0 Å². The molecular formula is C16H18ClN3O2. The lowest BCUT2D eigenvalue weighted by molar-refractivity contribution is -0.125. The van der Waals surface area contributed by atoms with E-state index in [-0.39, 0.29) is 11.8 Å². The largest absolute Gasteiger partial charge is 0.423 e. The number of rotatable bonds is 3. The Balaban J connectivity index is 1.51. The number of nitrogens with one attached hydrogen (secondary N) is 1. The fourth-order valence-electron chi connectivity index (χ4n) is 2.93. The van der Waals surface area contributed by atoms with Gasteiger partial charge in [-0.1, -0.05) is 11.6 Å². The van der Waals surface area contributed by atoms with Crippen molar-refractivity contribution in [1.82, 2.24) is 10.3 Å². The van der Waals surface area contributed by atoms with Gasteiger partial charge in [-0.25, -0.2) is 0 Å². The van der Waals surface area contributed by atoms with Gasteiger partial charge in [0.15, 0.2) is 5.58 Å². The summed E-state index contributed by atoms with van der Waals surface area (Å²) in [6.07, 6.45) is 4.14. The highest BCUT2D eigenvalue weighted by Gasteiger charge is 2.31. The lowest BCUT2D eigenvalue weighted by Crippen LogP contribution is -2.43. The van der Waals surface area contributed by atoms with E-state index in [1.807, 2.05) is 6.07 Å². The highest BCUT2D eigenvalue weighted by Crippen LogP contribution is 2.28. The first-order valence-corrected chi connectivity index (χ1v) is 8.18. The van der Waals surface area contributed by atoms with Crippen LogP contribution in [0.15, 0.2) is 22.6 Å². The van der Waals surface area contributed by atoms with Crippen molar-refractivity contribution in [3.63, 3.8) is 0 Å². The van der Waals surface area contributed by atoms with Gasteiger partial charge in [-0.2, -0.15) is 4.98 Å². The minimum absolute atomic E-state index is 0.0213. The van der Waals surface area contributed by atoms with Crippen LogP contribution in [-0.2, 0) is 4.79 Å². The van der Waals surface area contributed by atoms with E-state index in [9.17, 15) is 4.79 Å². The molecule has 6 heteroatoms. The van der Waals surface area contributed by atoms with Crippen LogP contribution in [-0.4, -0.2) is 30.0 Å². The fraction of sp³-hybridized carbons (Fsp3) is 0.500. The zero-order chi connectivity index (χ0) is 15.1. The summed E-state index contributed by atoms with van der Waals surface area (Å²) >= 11 is 5.98. The van der Waals surface area contributed by atoms with E-state index in [2.05, 4.69) is 15.2 Å². The van der Waals surface area contributed by atoms with Gasteiger partial charge in [-0.3, -0.25) is 4.79 Å². The molecule has 0 spiro atoms. The highest BCUT2D eigenvalue weighted by atomic mass is 35.5. The van der Waals surface area contributed by atoms with E-state index in [0.717, 1.165) is 37.7 Å². The number of aromatic nitrogens is 1. The summed E-state index contributed by atoms with van der Waals surface area (Å²) < 4.78 is 5.81. The van der Waals surface area contributed by atoms with Crippen LogP contribution in [0.2, 0.25) is 5.02 Å². The molecule has 1 aromatic carbocycles. The summed E-state index contributed by atoms with van der Waals surface area (Å²) in [6, 6.07) is 6.43. The zero-order valence-electron chi connectivity index (χ0n) is 12.2. The minimum Gasteiger partial charge on any atom is -0.423 e. The minimum atomic E-state index is 0.0213. The Labute approximate surface area is 133 Å². The monoisotopic (exact) mass is 319 g/mol. The Kier molecular flexibility index (Phi) is 3.45. The maximum atomic E-state index is 12.2. The molecule has 2 aliphatic rings. The Morgan fingerprint density at radius 1 is 1.36 bits per heavy atom. The predicted molar refractivity (Wildman–Crippen MR) is 85.1 cm³/mol. The molecular weight excluding hydrogens is 302 g/mol. The molecule has 2 aromatic rings. The summed E-state index contributed by atoms with van der Waals surface area (Å²) in [5, 5.41) is 3.73. The van der Waals surface area contributed by atoms with E-state index in [0.29, 0.717) is 29.2 Å². The van der Waals surface area contributed by atoms with Crippen LogP contribution in [0.5, 0.6) is 0 Å². The quantitative estimate of drug-likeness (QED) is 0.945. The van der Waals surface area contributed by atoms with Gasteiger partial charge in [0, 0.05) is 30.2 Å². The zero-order valence-corrected chi connectivity index (χ0v) is 13.0. The number of fused-ring (bicyclic) bond motifs is 1. The van der Waals surface area contributed by atoms with Crippen molar-refractivity contribution in [2.45, 2.75) is 31.7 Å². The van der Waals surface area contributed by atoms with Gasteiger partial charge in [-0.05, 0) is 37.8 Å². The standard InChI is InChI=1S/C16H18ClN3O2/c17-11-3-6-13-14(8-11)22-16(19-13)20-7-1-2-10(9-20)15(21)18-12-4-5-12/h3,6,8,10,12H,1-2,4-5,7,9H2,(H,18,21). The van der Waals surface area contributed by atoms with Crippen molar-refractivity contribution in [3.8, 4) is 0 Å². The second-order valence-corrected chi connectivity index (χ2v) is 6.61. The van der Waals surface area contributed by atoms with Gasteiger partial charge in [0.2, 0.25) is 5.91 Å². The highest BCUT2D eigenvalue weighted by molar-refractivity contribution is 6.31. The first-order valence-electron chi connectivity index (χ1n) is 7.80.